The van der Waals surface area contributed by atoms with Gasteiger partial charge in [0.05, 0.1) is 6.54 Å². The van der Waals surface area contributed by atoms with Gasteiger partial charge in [-0.1, -0.05) is 27.2 Å². The van der Waals surface area contributed by atoms with E-state index in [1.807, 2.05) is 0 Å². The molecule has 0 aliphatic carbocycles. The van der Waals surface area contributed by atoms with E-state index in [2.05, 4.69) is 26.1 Å². The van der Waals surface area contributed by atoms with Gasteiger partial charge < -0.3 is 10.4 Å². The Hall–Kier alpha value is -1.10. The highest BCUT2D eigenvalue weighted by Gasteiger charge is 2.29. The first-order valence-corrected chi connectivity index (χ1v) is 7.03. The third-order valence-electron chi connectivity index (χ3n) is 3.44. The maximum Gasteiger partial charge on any atom is 0.320 e. The topological polar surface area (TPSA) is 69.6 Å². The maximum absolute atomic E-state index is 11.8. The number of amides is 1. The number of likely N-dealkylation sites (tertiary alicyclic amines) is 1. The first kappa shape index (κ1) is 16.0. The summed E-state index contributed by atoms with van der Waals surface area (Å²) < 4.78 is 0. The molecule has 1 saturated heterocycles. The first-order chi connectivity index (χ1) is 8.79. The van der Waals surface area contributed by atoms with E-state index in [-0.39, 0.29) is 17.9 Å². The van der Waals surface area contributed by atoms with Crippen molar-refractivity contribution in [3.8, 4) is 0 Å². The molecule has 1 atom stereocenters. The van der Waals surface area contributed by atoms with E-state index in [0.29, 0.717) is 19.5 Å². The van der Waals surface area contributed by atoms with Crippen molar-refractivity contribution in [2.45, 2.75) is 52.5 Å². The van der Waals surface area contributed by atoms with Crippen molar-refractivity contribution >= 4 is 11.9 Å². The van der Waals surface area contributed by atoms with Gasteiger partial charge in [0, 0.05) is 6.54 Å². The van der Waals surface area contributed by atoms with Gasteiger partial charge in [0.15, 0.2) is 0 Å². The fraction of sp³-hybridized carbons (Fsp3) is 0.857. The summed E-state index contributed by atoms with van der Waals surface area (Å²) in [4.78, 5) is 24.7. The zero-order valence-corrected chi connectivity index (χ0v) is 12.2. The standard InChI is InChI=1S/C14H26N2O3/c1-14(2,3)7-8-15-12(17)10-16-9-5-4-6-11(16)13(18)19/h11H,4-10H2,1-3H3,(H,15,17)(H,18,19). The molecule has 110 valence electrons. The van der Waals surface area contributed by atoms with Gasteiger partial charge in [0.25, 0.3) is 0 Å². The Bertz CT molecular complexity index is 323. The van der Waals surface area contributed by atoms with E-state index in [9.17, 15) is 9.59 Å². The molecule has 0 aromatic rings. The van der Waals surface area contributed by atoms with Crippen molar-refractivity contribution in [1.82, 2.24) is 10.2 Å². The number of piperidine rings is 1. The summed E-state index contributed by atoms with van der Waals surface area (Å²) in [5, 5.41) is 12.0. The lowest BCUT2D eigenvalue weighted by Crippen LogP contribution is -2.49. The molecule has 5 heteroatoms. The lowest BCUT2D eigenvalue weighted by atomic mass is 9.92. The van der Waals surface area contributed by atoms with E-state index in [1.165, 1.54) is 0 Å². The van der Waals surface area contributed by atoms with E-state index in [0.717, 1.165) is 19.3 Å². The molecular weight excluding hydrogens is 244 g/mol. The molecule has 0 spiro atoms. The largest absolute Gasteiger partial charge is 0.480 e. The van der Waals surface area contributed by atoms with Gasteiger partial charge >= 0.3 is 5.97 Å². The van der Waals surface area contributed by atoms with Crippen LogP contribution in [0.15, 0.2) is 0 Å². The van der Waals surface area contributed by atoms with Crippen molar-refractivity contribution in [1.29, 1.82) is 0 Å². The Balaban J connectivity index is 2.36. The molecule has 2 N–H and O–H groups in total. The number of nitrogens with one attached hydrogen (secondary N) is 1. The maximum atomic E-state index is 11.8. The Labute approximate surface area is 115 Å². The predicted molar refractivity (Wildman–Crippen MR) is 73.9 cm³/mol. The minimum atomic E-state index is -0.817. The van der Waals surface area contributed by atoms with Crippen molar-refractivity contribution in [3.63, 3.8) is 0 Å². The molecule has 1 rings (SSSR count). The lowest BCUT2D eigenvalue weighted by Gasteiger charge is -2.32. The average Bonchev–Trinajstić information content (AvgIpc) is 2.27. The van der Waals surface area contributed by atoms with E-state index in [4.69, 9.17) is 5.11 Å². The van der Waals surface area contributed by atoms with Crippen LogP contribution in [0.3, 0.4) is 0 Å². The van der Waals surface area contributed by atoms with Gasteiger partial charge in [-0.2, -0.15) is 0 Å². The third kappa shape index (κ3) is 6.05. The highest BCUT2D eigenvalue weighted by molar-refractivity contribution is 5.80. The number of aliphatic carboxylic acids is 1. The van der Waals surface area contributed by atoms with Gasteiger partial charge in [0.2, 0.25) is 5.91 Å². The van der Waals surface area contributed by atoms with E-state index < -0.39 is 12.0 Å². The minimum absolute atomic E-state index is 0.0719. The number of rotatable bonds is 5. The third-order valence-corrected chi connectivity index (χ3v) is 3.44. The number of carboxylic acids is 1. The van der Waals surface area contributed by atoms with Crippen LogP contribution >= 0.6 is 0 Å². The molecule has 1 aliphatic rings. The molecule has 1 heterocycles. The number of hydrogen-bond donors (Lipinski definition) is 2. The van der Waals surface area contributed by atoms with Crippen LogP contribution in [0.25, 0.3) is 0 Å². The van der Waals surface area contributed by atoms with Crippen LogP contribution < -0.4 is 5.32 Å². The molecule has 5 nitrogen and oxygen atoms in total. The van der Waals surface area contributed by atoms with Crippen LogP contribution in [0.1, 0.15) is 46.5 Å². The quantitative estimate of drug-likeness (QED) is 0.794. The van der Waals surface area contributed by atoms with Gasteiger partial charge in [-0.25, -0.2) is 0 Å². The van der Waals surface area contributed by atoms with Crippen LogP contribution in [0.5, 0.6) is 0 Å². The molecule has 0 aromatic heterocycles. The molecular formula is C14H26N2O3. The fourth-order valence-electron chi connectivity index (χ4n) is 2.28. The van der Waals surface area contributed by atoms with Crippen LogP contribution in [-0.2, 0) is 9.59 Å². The molecule has 1 fully saturated rings. The molecule has 1 amide bonds. The number of carbonyl (C=O) groups excluding carboxylic acids is 1. The summed E-state index contributed by atoms with van der Waals surface area (Å²) in [5.41, 5.74) is 0.196. The van der Waals surface area contributed by atoms with Crippen LogP contribution in [0.4, 0.5) is 0 Å². The second-order valence-corrected chi connectivity index (χ2v) is 6.48. The minimum Gasteiger partial charge on any atom is -0.480 e. The monoisotopic (exact) mass is 270 g/mol. The van der Waals surface area contributed by atoms with Gasteiger partial charge in [-0.05, 0) is 31.2 Å². The Kier molecular flexibility index (Phi) is 5.79. The highest BCUT2D eigenvalue weighted by Crippen LogP contribution is 2.18. The zero-order valence-electron chi connectivity index (χ0n) is 12.2. The summed E-state index contributed by atoms with van der Waals surface area (Å²) >= 11 is 0. The summed E-state index contributed by atoms with van der Waals surface area (Å²) in [6.45, 7) is 7.93. The number of nitrogens with zero attached hydrogens (tertiary/aromatic N) is 1. The average molecular weight is 270 g/mol. The Morgan fingerprint density at radius 2 is 2.00 bits per heavy atom. The van der Waals surface area contributed by atoms with E-state index >= 15 is 0 Å². The number of hydrogen-bond acceptors (Lipinski definition) is 3. The number of carboxylic acid groups (broad SMARTS) is 1. The summed E-state index contributed by atoms with van der Waals surface area (Å²) in [7, 11) is 0. The SMILES string of the molecule is CC(C)(C)CCNC(=O)CN1CCCCC1C(=O)O. The van der Waals surface area contributed by atoms with E-state index in [1.54, 1.807) is 4.90 Å². The van der Waals surface area contributed by atoms with Crippen molar-refractivity contribution in [3.05, 3.63) is 0 Å². The molecule has 0 radical (unpaired) electrons. The van der Waals surface area contributed by atoms with Gasteiger partial charge in [-0.3, -0.25) is 14.5 Å². The van der Waals surface area contributed by atoms with Crippen LogP contribution in [0.2, 0.25) is 0 Å². The first-order valence-electron chi connectivity index (χ1n) is 7.03. The second-order valence-electron chi connectivity index (χ2n) is 6.48. The molecule has 0 bridgehead atoms. The highest BCUT2D eigenvalue weighted by atomic mass is 16.4. The molecule has 19 heavy (non-hydrogen) atoms. The smallest absolute Gasteiger partial charge is 0.320 e. The summed E-state index contributed by atoms with van der Waals surface area (Å²) in [6.07, 6.45) is 3.46. The number of carbonyl (C=O) groups is 2. The van der Waals surface area contributed by atoms with Gasteiger partial charge in [0.1, 0.15) is 6.04 Å². The normalized spacial score (nSPS) is 21.1. The van der Waals surface area contributed by atoms with Crippen molar-refractivity contribution in [2.24, 2.45) is 5.41 Å². The fourth-order valence-corrected chi connectivity index (χ4v) is 2.28. The lowest BCUT2D eigenvalue weighted by molar-refractivity contribution is -0.145. The van der Waals surface area contributed by atoms with Crippen LogP contribution in [-0.4, -0.2) is 47.6 Å². The van der Waals surface area contributed by atoms with Crippen molar-refractivity contribution in [2.75, 3.05) is 19.6 Å². The van der Waals surface area contributed by atoms with Gasteiger partial charge in [-0.15, -0.1) is 0 Å². The Morgan fingerprint density at radius 1 is 1.32 bits per heavy atom. The molecule has 1 aliphatic heterocycles. The second kappa shape index (κ2) is 6.89. The summed E-state index contributed by atoms with van der Waals surface area (Å²) in [6, 6.07) is -0.498. The molecule has 0 aromatic carbocycles. The van der Waals surface area contributed by atoms with Crippen molar-refractivity contribution < 1.29 is 14.7 Å². The zero-order chi connectivity index (χ0) is 14.5. The Morgan fingerprint density at radius 3 is 2.58 bits per heavy atom. The van der Waals surface area contributed by atoms with Crippen LogP contribution in [0, 0.1) is 5.41 Å². The molecule has 1 unspecified atom stereocenters. The summed E-state index contributed by atoms with van der Waals surface area (Å²) in [5.74, 6) is -0.889. The molecule has 0 saturated carbocycles. The predicted octanol–water partition coefficient (Wildman–Crippen LogP) is 1.48.